The van der Waals surface area contributed by atoms with Gasteiger partial charge in [-0.05, 0) is 76.4 Å². The van der Waals surface area contributed by atoms with Crippen molar-refractivity contribution in [3.63, 3.8) is 0 Å². The fourth-order valence-electron chi connectivity index (χ4n) is 4.40. The second-order valence-electron chi connectivity index (χ2n) is 7.56. The van der Waals surface area contributed by atoms with E-state index in [9.17, 15) is 4.79 Å². The molecule has 0 spiro atoms. The molecule has 1 atom stereocenters. The van der Waals surface area contributed by atoms with Crippen LogP contribution in [0.3, 0.4) is 0 Å². The van der Waals surface area contributed by atoms with Crippen molar-refractivity contribution in [1.82, 2.24) is 10.2 Å². The van der Waals surface area contributed by atoms with Crippen LogP contribution in [0.5, 0.6) is 0 Å². The first-order valence-corrected chi connectivity index (χ1v) is 8.50. The molecule has 1 N–H and O–H groups in total. The molecule has 3 aliphatic rings. The lowest BCUT2D eigenvalue weighted by atomic mass is 9.72. The number of carbonyl (C=O) groups is 1. The van der Waals surface area contributed by atoms with Crippen LogP contribution in [0.4, 0.5) is 0 Å². The van der Waals surface area contributed by atoms with E-state index in [1.165, 1.54) is 12.8 Å². The second-order valence-corrected chi connectivity index (χ2v) is 7.56. The van der Waals surface area contributed by atoms with Gasteiger partial charge in [-0.25, -0.2) is 0 Å². The summed E-state index contributed by atoms with van der Waals surface area (Å²) in [5, 5.41) is 4.34. The van der Waals surface area contributed by atoms with Gasteiger partial charge in [0, 0.05) is 22.5 Å². The lowest BCUT2D eigenvalue weighted by Crippen LogP contribution is -2.69. The first-order chi connectivity index (χ1) is 11.0. The molecular weight excluding hydrogens is 324 g/mol. The molecule has 2 aromatic rings. The number of fused-ring (bicyclic) bond motifs is 4. The van der Waals surface area contributed by atoms with Crippen LogP contribution in [-0.4, -0.2) is 35.5 Å². The van der Waals surface area contributed by atoms with E-state index in [2.05, 4.69) is 24.1 Å². The molecule has 2 bridgehead atoms. The van der Waals surface area contributed by atoms with Crippen molar-refractivity contribution >= 4 is 29.3 Å². The zero-order chi connectivity index (χ0) is 16.2. The Morgan fingerprint density at radius 2 is 2.00 bits per heavy atom. The first kappa shape index (κ1) is 17.3. The molecule has 130 valence electrons. The third-order valence-electron chi connectivity index (χ3n) is 5.90. The number of hydrogen-bond donors (Lipinski definition) is 1. The number of benzene rings is 1. The van der Waals surface area contributed by atoms with E-state index in [0.717, 1.165) is 29.6 Å². The van der Waals surface area contributed by atoms with Gasteiger partial charge in [0.15, 0.2) is 0 Å². The van der Waals surface area contributed by atoms with Crippen LogP contribution in [0.15, 0.2) is 28.9 Å². The maximum Gasteiger partial charge on any atom is 0.251 e. The number of carbonyl (C=O) groups excluding carboxylic acids is 1. The molecule has 1 aromatic carbocycles. The fraction of sp³-hybridized carbons (Fsp3) is 0.526. The Hall–Kier alpha value is -1.52. The van der Waals surface area contributed by atoms with Crippen molar-refractivity contribution in [2.45, 2.75) is 45.2 Å². The molecule has 1 amide bonds. The number of piperidine rings is 3. The average Bonchev–Trinajstić information content (AvgIpc) is 2.92. The molecule has 5 rings (SSSR count). The van der Waals surface area contributed by atoms with Crippen molar-refractivity contribution < 1.29 is 9.21 Å². The smallest absolute Gasteiger partial charge is 0.251 e. The van der Waals surface area contributed by atoms with E-state index in [0.29, 0.717) is 11.5 Å². The summed E-state index contributed by atoms with van der Waals surface area (Å²) >= 11 is 0. The minimum atomic E-state index is 0. The van der Waals surface area contributed by atoms with Crippen molar-refractivity contribution in [2.24, 2.45) is 5.92 Å². The van der Waals surface area contributed by atoms with Crippen LogP contribution in [0, 0.1) is 12.8 Å². The molecule has 1 unspecified atom stereocenters. The van der Waals surface area contributed by atoms with Gasteiger partial charge in [0.05, 0.1) is 6.26 Å². The number of halogens is 1. The summed E-state index contributed by atoms with van der Waals surface area (Å²) in [6.45, 7) is 8.83. The Balaban J connectivity index is 0.00000169. The van der Waals surface area contributed by atoms with Gasteiger partial charge in [-0.2, -0.15) is 0 Å². The van der Waals surface area contributed by atoms with Gasteiger partial charge in [-0.15, -0.1) is 12.4 Å². The van der Waals surface area contributed by atoms with E-state index in [4.69, 9.17) is 4.42 Å². The predicted molar refractivity (Wildman–Crippen MR) is 97.8 cm³/mol. The highest BCUT2D eigenvalue weighted by molar-refractivity contribution is 5.98. The Morgan fingerprint density at radius 3 is 2.67 bits per heavy atom. The molecular formula is C19H25ClN2O2. The van der Waals surface area contributed by atoms with Crippen LogP contribution in [-0.2, 0) is 0 Å². The molecule has 4 heterocycles. The summed E-state index contributed by atoms with van der Waals surface area (Å²) in [5.41, 5.74) is 2.65. The van der Waals surface area contributed by atoms with E-state index in [-0.39, 0.29) is 29.9 Å². The molecule has 4 nitrogen and oxygen atoms in total. The minimum Gasteiger partial charge on any atom is -0.464 e. The third kappa shape index (κ3) is 2.62. The van der Waals surface area contributed by atoms with Gasteiger partial charge in [-0.3, -0.25) is 9.69 Å². The summed E-state index contributed by atoms with van der Waals surface area (Å²) in [6, 6.07) is 5.91. The number of nitrogens with one attached hydrogen (secondary N) is 1. The summed E-state index contributed by atoms with van der Waals surface area (Å²) in [6.07, 6.45) is 4.12. The maximum atomic E-state index is 12.8. The normalized spacial score (nSPS) is 27.7. The molecule has 3 aliphatic heterocycles. The van der Waals surface area contributed by atoms with Gasteiger partial charge in [0.1, 0.15) is 5.58 Å². The molecule has 0 aliphatic carbocycles. The number of furan rings is 1. The standard InChI is InChI=1S/C19H24N2O2.ClH/c1-12-11-23-16-5-4-14(10-15(12)16)18(22)20-17-13-6-8-21(9-7-13)19(17,2)3;/h4-5,10-11,13,17H,6-9H2,1-3H3,(H,20,22);1H. The van der Waals surface area contributed by atoms with Gasteiger partial charge in [0.2, 0.25) is 0 Å². The highest BCUT2D eigenvalue weighted by Gasteiger charge is 2.48. The Morgan fingerprint density at radius 1 is 1.29 bits per heavy atom. The van der Waals surface area contributed by atoms with Crippen molar-refractivity contribution in [3.05, 3.63) is 35.6 Å². The highest BCUT2D eigenvalue weighted by Crippen LogP contribution is 2.39. The molecule has 1 aromatic heterocycles. The second kappa shape index (κ2) is 6.08. The van der Waals surface area contributed by atoms with Gasteiger partial charge >= 0.3 is 0 Å². The number of amides is 1. The zero-order valence-electron chi connectivity index (χ0n) is 14.5. The van der Waals surface area contributed by atoms with Crippen LogP contribution in [0.1, 0.15) is 42.6 Å². The lowest BCUT2D eigenvalue weighted by molar-refractivity contribution is -0.0378. The van der Waals surface area contributed by atoms with Crippen LogP contribution >= 0.6 is 12.4 Å². The van der Waals surface area contributed by atoms with Crippen molar-refractivity contribution in [2.75, 3.05) is 13.1 Å². The van der Waals surface area contributed by atoms with Crippen LogP contribution in [0.2, 0.25) is 0 Å². The minimum absolute atomic E-state index is 0. The van der Waals surface area contributed by atoms with Crippen LogP contribution < -0.4 is 5.32 Å². The SMILES string of the molecule is Cc1coc2ccc(C(=O)NC3C4CCN(CC4)C3(C)C)cc12.Cl. The quantitative estimate of drug-likeness (QED) is 0.898. The summed E-state index contributed by atoms with van der Waals surface area (Å²) in [4.78, 5) is 15.3. The van der Waals surface area contributed by atoms with E-state index >= 15 is 0 Å². The molecule has 0 saturated carbocycles. The summed E-state index contributed by atoms with van der Waals surface area (Å²) < 4.78 is 5.47. The van der Waals surface area contributed by atoms with E-state index < -0.39 is 0 Å². The Bertz CT molecular complexity index is 760. The number of hydrogen-bond acceptors (Lipinski definition) is 3. The summed E-state index contributed by atoms with van der Waals surface area (Å²) in [5.74, 6) is 0.623. The topological polar surface area (TPSA) is 45.5 Å². The average molecular weight is 349 g/mol. The first-order valence-electron chi connectivity index (χ1n) is 8.50. The van der Waals surface area contributed by atoms with Gasteiger partial charge < -0.3 is 9.73 Å². The molecule has 0 radical (unpaired) electrons. The van der Waals surface area contributed by atoms with Crippen molar-refractivity contribution in [3.8, 4) is 0 Å². The van der Waals surface area contributed by atoms with E-state index in [1.807, 2.05) is 25.1 Å². The predicted octanol–water partition coefficient (Wildman–Crippen LogP) is 3.77. The van der Waals surface area contributed by atoms with Gasteiger partial charge in [0.25, 0.3) is 5.91 Å². The Kier molecular flexibility index (Phi) is 4.39. The highest BCUT2D eigenvalue weighted by atomic mass is 35.5. The number of rotatable bonds is 2. The molecule has 5 heteroatoms. The molecule has 24 heavy (non-hydrogen) atoms. The van der Waals surface area contributed by atoms with Gasteiger partial charge in [-0.1, -0.05) is 0 Å². The van der Waals surface area contributed by atoms with E-state index in [1.54, 1.807) is 6.26 Å². The maximum absolute atomic E-state index is 12.8. The lowest BCUT2D eigenvalue weighted by Gasteiger charge is -2.56. The fourth-order valence-corrected chi connectivity index (χ4v) is 4.40. The third-order valence-corrected chi connectivity index (χ3v) is 5.90. The van der Waals surface area contributed by atoms with Crippen molar-refractivity contribution in [1.29, 1.82) is 0 Å². The number of nitrogens with zero attached hydrogens (tertiary/aromatic N) is 1. The molecule has 3 fully saturated rings. The largest absolute Gasteiger partial charge is 0.464 e. The zero-order valence-corrected chi connectivity index (χ0v) is 15.3. The summed E-state index contributed by atoms with van der Waals surface area (Å²) in [7, 11) is 0. The monoisotopic (exact) mass is 348 g/mol. The van der Waals surface area contributed by atoms with Crippen LogP contribution in [0.25, 0.3) is 11.0 Å². The molecule has 3 saturated heterocycles. The Labute approximate surface area is 149 Å². The number of aryl methyl sites for hydroxylation is 1.